The fourth-order valence-electron chi connectivity index (χ4n) is 1.20. The van der Waals surface area contributed by atoms with Crippen molar-refractivity contribution in [2.45, 2.75) is 13.8 Å². The normalized spacial score (nSPS) is 9.57. The molecule has 3 heteroatoms. The van der Waals surface area contributed by atoms with Gasteiger partial charge < -0.3 is 9.47 Å². The topological polar surface area (TPSA) is 35.5 Å². The SMILES string of the molecule is CCOc1cccc(OCC)c1C=O. The molecule has 1 rings (SSSR count). The molecule has 0 unspecified atom stereocenters. The predicted molar refractivity (Wildman–Crippen MR) is 54.2 cm³/mol. The van der Waals surface area contributed by atoms with Crippen LogP contribution in [0.5, 0.6) is 11.5 Å². The first-order valence-corrected chi connectivity index (χ1v) is 4.67. The molecule has 0 aromatic heterocycles. The molecule has 0 spiro atoms. The molecule has 0 bridgehead atoms. The van der Waals surface area contributed by atoms with Gasteiger partial charge in [-0.1, -0.05) is 6.07 Å². The highest BCUT2D eigenvalue weighted by Gasteiger charge is 2.08. The first-order chi connectivity index (χ1) is 6.83. The molecule has 3 nitrogen and oxygen atoms in total. The summed E-state index contributed by atoms with van der Waals surface area (Å²) in [6.45, 7) is 4.83. The van der Waals surface area contributed by atoms with Crippen LogP contribution in [0.4, 0.5) is 0 Å². The summed E-state index contributed by atoms with van der Waals surface area (Å²) in [7, 11) is 0. The molecule has 76 valence electrons. The van der Waals surface area contributed by atoms with E-state index in [1.807, 2.05) is 19.9 Å². The van der Waals surface area contributed by atoms with Gasteiger partial charge in [0.1, 0.15) is 11.5 Å². The molecular formula is C11H14O3. The summed E-state index contributed by atoms with van der Waals surface area (Å²) in [4.78, 5) is 10.8. The fraction of sp³-hybridized carbons (Fsp3) is 0.364. The summed E-state index contributed by atoms with van der Waals surface area (Å²) in [6.07, 6.45) is 0.760. The maximum absolute atomic E-state index is 10.8. The van der Waals surface area contributed by atoms with Gasteiger partial charge in [0.2, 0.25) is 0 Å². The van der Waals surface area contributed by atoms with Gasteiger partial charge in [-0.25, -0.2) is 0 Å². The zero-order valence-corrected chi connectivity index (χ0v) is 8.45. The van der Waals surface area contributed by atoms with Crippen molar-refractivity contribution in [1.82, 2.24) is 0 Å². The second kappa shape index (κ2) is 5.27. The van der Waals surface area contributed by atoms with Crippen molar-refractivity contribution in [2.24, 2.45) is 0 Å². The second-order valence-corrected chi connectivity index (χ2v) is 2.65. The third-order valence-electron chi connectivity index (χ3n) is 1.74. The smallest absolute Gasteiger partial charge is 0.157 e. The monoisotopic (exact) mass is 194 g/mol. The van der Waals surface area contributed by atoms with Crippen LogP contribution in [0, 0.1) is 0 Å². The lowest BCUT2D eigenvalue weighted by atomic mass is 10.2. The summed E-state index contributed by atoms with van der Waals surface area (Å²) in [5.41, 5.74) is 0.483. The van der Waals surface area contributed by atoms with Crippen molar-refractivity contribution in [3.63, 3.8) is 0 Å². The number of carbonyl (C=O) groups is 1. The molecule has 0 aliphatic carbocycles. The van der Waals surface area contributed by atoms with Crippen molar-refractivity contribution >= 4 is 6.29 Å². The van der Waals surface area contributed by atoms with Crippen LogP contribution >= 0.6 is 0 Å². The lowest BCUT2D eigenvalue weighted by Crippen LogP contribution is -2.00. The summed E-state index contributed by atoms with van der Waals surface area (Å²) >= 11 is 0. The van der Waals surface area contributed by atoms with Crippen molar-refractivity contribution in [3.8, 4) is 11.5 Å². The fourth-order valence-corrected chi connectivity index (χ4v) is 1.20. The number of hydrogen-bond acceptors (Lipinski definition) is 3. The van der Waals surface area contributed by atoms with Crippen LogP contribution in [-0.2, 0) is 0 Å². The highest BCUT2D eigenvalue weighted by Crippen LogP contribution is 2.26. The van der Waals surface area contributed by atoms with E-state index < -0.39 is 0 Å². The van der Waals surface area contributed by atoms with Gasteiger partial charge in [-0.2, -0.15) is 0 Å². The minimum Gasteiger partial charge on any atom is -0.493 e. The van der Waals surface area contributed by atoms with Gasteiger partial charge in [-0.05, 0) is 26.0 Å². The third-order valence-corrected chi connectivity index (χ3v) is 1.74. The van der Waals surface area contributed by atoms with Gasteiger partial charge in [0, 0.05) is 0 Å². The van der Waals surface area contributed by atoms with E-state index in [0.29, 0.717) is 30.3 Å². The Labute approximate surface area is 83.6 Å². The van der Waals surface area contributed by atoms with Gasteiger partial charge in [0.05, 0.1) is 18.8 Å². The average molecular weight is 194 g/mol. The van der Waals surface area contributed by atoms with E-state index in [1.54, 1.807) is 12.1 Å². The summed E-state index contributed by atoms with van der Waals surface area (Å²) in [5, 5.41) is 0. The van der Waals surface area contributed by atoms with Crippen molar-refractivity contribution in [1.29, 1.82) is 0 Å². The molecule has 14 heavy (non-hydrogen) atoms. The molecule has 0 heterocycles. The second-order valence-electron chi connectivity index (χ2n) is 2.65. The van der Waals surface area contributed by atoms with Crippen molar-refractivity contribution < 1.29 is 14.3 Å². The Morgan fingerprint density at radius 3 is 2.00 bits per heavy atom. The maximum atomic E-state index is 10.8. The largest absolute Gasteiger partial charge is 0.493 e. The van der Waals surface area contributed by atoms with Crippen LogP contribution in [-0.4, -0.2) is 19.5 Å². The summed E-state index contributed by atoms with van der Waals surface area (Å²) in [5.74, 6) is 1.15. The Morgan fingerprint density at radius 2 is 1.64 bits per heavy atom. The number of benzene rings is 1. The summed E-state index contributed by atoms with van der Waals surface area (Å²) < 4.78 is 10.6. The van der Waals surface area contributed by atoms with Crippen molar-refractivity contribution in [2.75, 3.05) is 13.2 Å². The van der Waals surface area contributed by atoms with Gasteiger partial charge in [-0.3, -0.25) is 4.79 Å². The van der Waals surface area contributed by atoms with Crippen LogP contribution in [0.15, 0.2) is 18.2 Å². The van der Waals surface area contributed by atoms with Crippen molar-refractivity contribution in [3.05, 3.63) is 23.8 Å². The van der Waals surface area contributed by atoms with Crippen LogP contribution < -0.4 is 9.47 Å². The number of rotatable bonds is 5. The third kappa shape index (κ3) is 2.25. The van der Waals surface area contributed by atoms with E-state index in [9.17, 15) is 4.79 Å². The van der Waals surface area contributed by atoms with Gasteiger partial charge in [-0.15, -0.1) is 0 Å². The predicted octanol–water partition coefficient (Wildman–Crippen LogP) is 2.30. The van der Waals surface area contributed by atoms with Crippen LogP contribution in [0.25, 0.3) is 0 Å². The summed E-state index contributed by atoms with van der Waals surface area (Å²) in [6, 6.07) is 5.33. The van der Waals surface area contributed by atoms with E-state index >= 15 is 0 Å². The average Bonchev–Trinajstić information content (AvgIpc) is 2.19. The van der Waals surface area contributed by atoms with Crippen LogP contribution in [0.1, 0.15) is 24.2 Å². The highest BCUT2D eigenvalue weighted by atomic mass is 16.5. The lowest BCUT2D eigenvalue weighted by molar-refractivity contribution is 0.111. The number of carbonyl (C=O) groups excluding carboxylic acids is 1. The van der Waals surface area contributed by atoms with E-state index in [2.05, 4.69) is 0 Å². The maximum Gasteiger partial charge on any atom is 0.157 e. The number of hydrogen-bond donors (Lipinski definition) is 0. The molecule has 0 radical (unpaired) electrons. The standard InChI is InChI=1S/C11H14O3/c1-3-13-10-6-5-7-11(14-4-2)9(10)8-12/h5-8H,3-4H2,1-2H3. The minimum absolute atomic E-state index is 0.483. The lowest BCUT2D eigenvalue weighted by Gasteiger charge is -2.10. The Morgan fingerprint density at radius 1 is 1.14 bits per heavy atom. The van der Waals surface area contributed by atoms with Crippen LogP contribution in [0.2, 0.25) is 0 Å². The quantitative estimate of drug-likeness (QED) is 0.675. The number of aldehydes is 1. The molecule has 0 N–H and O–H groups in total. The first kappa shape index (κ1) is 10.6. The molecule has 0 saturated heterocycles. The van der Waals surface area contributed by atoms with Gasteiger partial charge >= 0.3 is 0 Å². The number of ether oxygens (including phenoxy) is 2. The zero-order chi connectivity index (χ0) is 10.4. The molecule has 0 aliphatic rings. The molecule has 0 aliphatic heterocycles. The Kier molecular flexibility index (Phi) is 3.98. The van der Waals surface area contributed by atoms with E-state index in [0.717, 1.165) is 6.29 Å². The molecular weight excluding hydrogens is 180 g/mol. The Bertz CT molecular complexity index is 283. The Balaban J connectivity index is 3.04. The molecule has 1 aromatic carbocycles. The van der Waals surface area contributed by atoms with E-state index in [1.165, 1.54) is 0 Å². The van der Waals surface area contributed by atoms with Gasteiger partial charge in [0.25, 0.3) is 0 Å². The Hall–Kier alpha value is -1.51. The molecule has 0 amide bonds. The molecule has 0 saturated carbocycles. The molecule has 0 fully saturated rings. The molecule has 1 aromatic rings. The van der Waals surface area contributed by atoms with E-state index in [-0.39, 0.29) is 0 Å². The first-order valence-electron chi connectivity index (χ1n) is 4.67. The molecule has 0 atom stereocenters. The zero-order valence-electron chi connectivity index (χ0n) is 8.45. The highest BCUT2D eigenvalue weighted by molar-refractivity contribution is 5.83. The van der Waals surface area contributed by atoms with Gasteiger partial charge in [0.15, 0.2) is 6.29 Å². The van der Waals surface area contributed by atoms with E-state index in [4.69, 9.17) is 9.47 Å². The van der Waals surface area contributed by atoms with Crippen LogP contribution in [0.3, 0.4) is 0 Å². The minimum atomic E-state index is 0.483.